The van der Waals surface area contributed by atoms with E-state index in [9.17, 15) is 4.79 Å². The number of nitrogens with one attached hydrogen (secondary N) is 1. The summed E-state index contributed by atoms with van der Waals surface area (Å²) < 4.78 is 0. The zero-order valence-electron chi connectivity index (χ0n) is 7.55. The molecule has 1 heterocycles. The number of carbonyl (C=O) groups is 1. The van der Waals surface area contributed by atoms with E-state index >= 15 is 0 Å². The highest BCUT2D eigenvalue weighted by Gasteiger charge is 2.13. The van der Waals surface area contributed by atoms with Crippen LogP contribution in [0.2, 0.25) is 0 Å². The van der Waals surface area contributed by atoms with Gasteiger partial charge in [0.15, 0.2) is 0 Å². The van der Waals surface area contributed by atoms with Gasteiger partial charge in [-0.3, -0.25) is 9.78 Å². The minimum absolute atomic E-state index is 0.0250. The third-order valence-electron chi connectivity index (χ3n) is 1.98. The monoisotopic (exact) mass is 186 g/mol. The molecule has 1 amide bonds. The Labute approximate surface area is 82.2 Å². The number of hydrogen-bond donors (Lipinski definition) is 1. The molecular weight excluding hydrogens is 176 g/mol. The minimum atomic E-state index is -0.143. The number of carbonyl (C=O) groups excluding carboxylic acids is 1. The van der Waals surface area contributed by atoms with Crippen LogP contribution in [0.4, 0.5) is 5.69 Å². The molecule has 1 aliphatic carbocycles. The average molecular weight is 186 g/mol. The molecule has 70 valence electrons. The number of nitrogens with zero attached hydrogens (tertiary/aromatic N) is 1. The Morgan fingerprint density at radius 2 is 2.14 bits per heavy atom. The number of anilines is 1. The van der Waals surface area contributed by atoms with Crippen molar-refractivity contribution >= 4 is 11.6 Å². The molecule has 0 unspecified atom stereocenters. The SMILES string of the molecule is O=C(Nc1cccnc1)C1C=CC=C1. The molecule has 3 nitrogen and oxygen atoms in total. The summed E-state index contributed by atoms with van der Waals surface area (Å²) in [7, 11) is 0. The van der Waals surface area contributed by atoms with Crippen LogP contribution in [0.15, 0.2) is 48.8 Å². The summed E-state index contributed by atoms with van der Waals surface area (Å²) in [6.45, 7) is 0. The first-order valence-corrected chi connectivity index (χ1v) is 4.42. The minimum Gasteiger partial charge on any atom is -0.324 e. The number of rotatable bonds is 2. The van der Waals surface area contributed by atoms with Gasteiger partial charge in [-0.25, -0.2) is 0 Å². The van der Waals surface area contributed by atoms with Crippen molar-refractivity contribution in [2.45, 2.75) is 0 Å². The van der Waals surface area contributed by atoms with E-state index in [-0.39, 0.29) is 11.8 Å². The topological polar surface area (TPSA) is 42.0 Å². The molecule has 1 N–H and O–H groups in total. The van der Waals surface area contributed by atoms with Crippen LogP contribution in [0, 0.1) is 5.92 Å². The van der Waals surface area contributed by atoms with Crippen LogP contribution < -0.4 is 5.32 Å². The predicted octanol–water partition coefficient (Wildman–Crippen LogP) is 1.76. The fourth-order valence-electron chi connectivity index (χ4n) is 1.27. The van der Waals surface area contributed by atoms with E-state index in [2.05, 4.69) is 10.3 Å². The van der Waals surface area contributed by atoms with Crippen molar-refractivity contribution in [2.75, 3.05) is 5.32 Å². The van der Waals surface area contributed by atoms with Crippen molar-refractivity contribution in [1.82, 2.24) is 4.98 Å². The Kier molecular flexibility index (Phi) is 2.40. The smallest absolute Gasteiger partial charge is 0.235 e. The van der Waals surface area contributed by atoms with Gasteiger partial charge in [-0.2, -0.15) is 0 Å². The molecule has 0 atom stereocenters. The van der Waals surface area contributed by atoms with E-state index < -0.39 is 0 Å². The van der Waals surface area contributed by atoms with Crippen LogP contribution in [0.1, 0.15) is 0 Å². The molecule has 0 bridgehead atoms. The summed E-state index contributed by atoms with van der Waals surface area (Å²) in [4.78, 5) is 15.5. The number of amides is 1. The van der Waals surface area contributed by atoms with Crippen molar-refractivity contribution in [3.8, 4) is 0 Å². The van der Waals surface area contributed by atoms with Crippen LogP contribution in [0.3, 0.4) is 0 Å². The molecule has 2 rings (SSSR count). The first-order valence-electron chi connectivity index (χ1n) is 4.42. The molecular formula is C11H10N2O. The second-order valence-corrected chi connectivity index (χ2v) is 3.03. The normalized spacial score (nSPS) is 14.6. The standard InChI is InChI=1S/C11H10N2O/c14-11(9-4-1-2-5-9)13-10-6-3-7-12-8-10/h1-9H,(H,13,14). The quantitative estimate of drug-likeness (QED) is 0.764. The molecule has 0 saturated carbocycles. The lowest BCUT2D eigenvalue weighted by molar-refractivity contribution is -0.117. The highest BCUT2D eigenvalue weighted by Crippen LogP contribution is 2.12. The van der Waals surface area contributed by atoms with E-state index in [1.807, 2.05) is 30.4 Å². The maximum absolute atomic E-state index is 11.6. The van der Waals surface area contributed by atoms with E-state index in [0.29, 0.717) is 0 Å². The van der Waals surface area contributed by atoms with Gasteiger partial charge in [0.05, 0.1) is 17.8 Å². The summed E-state index contributed by atoms with van der Waals surface area (Å²) in [5.41, 5.74) is 0.728. The Morgan fingerprint density at radius 1 is 1.36 bits per heavy atom. The Hall–Kier alpha value is -1.90. The van der Waals surface area contributed by atoms with Crippen molar-refractivity contribution in [1.29, 1.82) is 0 Å². The first kappa shape index (κ1) is 8.69. The predicted molar refractivity (Wildman–Crippen MR) is 54.6 cm³/mol. The number of aromatic nitrogens is 1. The lowest BCUT2D eigenvalue weighted by Gasteiger charge is -2.06. The van der Waals surface area contributed by atoms with Gasteiger partial charge in [0.1, 0.15) is 0 Å². The van der Waals surface area contributed by atoms with Gasteiger partial charge >= 0.3 is 0 Å². The molecule has 3 heteroatoms. The molecule has 0 aromatic carbocycles. The first-order chi connectivity index (χ1) is 6.86. The Bertz CT molecular complexity index is 370. The number of hydrogen-bond acceptors (Lipinski definition) is 2. The molecule has 1 aliphatic rings. The molecule has 1 aromatic rings. The van der Waals surface area contributed by atoms with E-state index in [1.165, 1.54) is 0 Å². The van der Waals surface area contributed by atoms with Crippen molar-refractivity contribution in [2.24, 2.45) is 5.92 Å². The van der Waals surface area contributed by atoms with Crippen molar-refractivity contribution < 1.29 is 4.79 Å². The lowest BCUT2D eigenvalue weighted by atomic mass is 10.1. The van der Waals surface area contributed by atoms with Crippen LogP contribution in [0.25, 0.3) is 0 Å². The maximum Gasteiger partial charge on any atom is 0.235 e. The van der Waals surface area contributed by atoms with Gasteiger partial charge in [-0.1, -0.05) is 24.3 Å². The van der Waals surface area contributed by atoms with E-state index in [4.69, 9.17) is 0 Å². The summed E-state index contributed by atoms with van der Waals surface area (Å²) in [6.07, 6.45) is 10.7. The zero-order chi connectivity index (χ0) is 9.80. The number of allylic oxidation sites excluding steroid dienone is 2. The van der Waals surface area contributed by atoms with E-state index in [0.717, 1.165) is 5.69 Å². The fourth-order valence-corrected chi connectivity index (χ4v) is 1.27. The third kappa shape index (κ3) is 1.88. The highest BCUT2D eigenvalue weighted by atomic mass is 16.1. The van der Waals surface area contributed by atoms with Crippen LogP contribution in [-0.2, 0) is 4.79 Å². The van der Waals surface area contributed by atoms with Gasteiger partial charge < -0.3 is 5.32 Å². The lowest BCUT2D eigenvalue weighted by Crippen LogP contribution is -2.18. The zero-order valence-corrected chi connectivity index (χ0v) is 7.55. The highest BCUT2D eigenvalue weighted by molar-refractivity contribution is 5.95. The van der Waals surface area contributed by atoms with Crippen LogP contribution >= 0.6 is 0 Å². The van der Waals surface area contributed by atoms with Crippen LogP contribution in [-0.4, -0.2) is 10.9 Å². The van der Waals surface area contributed by atoms with Gasteiger partial charge in [0.25, 0.3) is 0 Å². The summed E-state index contributed by atoms with van der Waals surface area (Å²) in [5, 5.41) is 2.78. The molecule has 0 fully saturated rings. The molecule has 0 spiro atoms. The van der Waals surface area contributed by atoms with Gasteiger partial charge in [0, 0.05) is 6.20 Å². The summed E-state index contributed by atoms with van der Waals surface area (Å²) in [6, 6.07) is 3.60. The summed E-state index contributed by atoms with van der Waals surface area (Å²) >= 11 is 0. The van der Waals surface area contributed by atoms with Gasteiger partial charge in [-0.15, -0.1) is 0 Å². The summed E-state index contributed by atoms with van der Waals surface area (Å²) in [5.74, 6) is -0.168. The fraction of sp³-hybridized carbons (Fsp3) is 0.0909. The molecule has 1 aromatic heterocycles. The molecule has 0 saturated heterocycles. The number of pyridine rings is 1. The second-order valence-electron chi connectivity index (χ2n) is 3.03. The second kappa shape index (κ2) is 3.87. The Balaban J connectivity index is 2.02. The van der Waals surface area contributed by atoms with Gasteiger partial charge in [-0.05, 0) is 12.1 Å². The molecule has 0 radical (unpaired) electrons. The van der Waals surface area contributed by atoms with E-state index in [1.54, 1.807) is 18.5 Å². The molecule has 14 heavy (non-hydrogen) atoms. The molecule has 0 aliphatic heterocycles. The van der Waals surface area contributed by atoms with Gasteiger partial charge in [0.2, 0.25) is 5.91 Å². The largest absolute Gasteiger partial charge is 0.324 e. The van der Waals surface area contributed by atoms with Crippen LogP contribution in [0.5, 0.6) is 0 Å². The van der Waals surface area contributed by atoms with Crippen molar-refractivity contribution in [3.63, 3.8) is 0 Å². The maximum atomic E-state index is 11.6. The average Bonchev–Trinajstić information content (AvgIpc) is 2.72. The third-order valence-corrected chi connectivity index (χ3v) is 1.98. The Morgan fingerprint density at radius 3 is 2.79 bits per heavy atom. The van der Waals surface area contributed by atoms with Crippen molar-refractivity contribution in [3.05, 3.63) is 48.8 Å².